The predicted octanol–water partition coefficient (Wildman–Crippen LogP) is 2.30. The standard InChI is InChI=1S/C16H29N5/c1-14(2)19-16(3,13-17)8-6-7-10-20(4)12-15-18-9-11-21(15)5/h9,11,14,19H,6-8,10,12H2,1-5H3. The zero-order valence-electron chi connectivity index (χ0n) is 14.1. The van der Waals surface area contributed by atoms with Crippen molar-refractivity contribution in [2.45, 2.75) is 58.2 Å². The Hall–Kier alpha value is -1.38. The van der Waals surface area contributed by atoms with Gasteiger partial charge in [-0.1, -0.05) is 0 Å². The summed E-state index contributed by atoms with van der Waals surface area (Å²) in [6.07, 6.45) is 6.84. The van der Waals surface area contributed by atoms with E-state index in [0.717, 1.165) is 38.2 Å². The third-order valence-corrected chi connectivity index (χ3v) is 3.65. The minimum absolute atomic E-state index is 0.334. The summed E-state index contributed by atoms with van der Waals surface area (Å²) < 4.78 is 2.05. The van der Waals surface area contributed by atoms with Crippen LogP contribution in [0.3, 0.4) is 0 Å². The summed E-state index contributed by atoms with van der Waals surface area (Å²) in [5, 5.41) is 12.7. The number of aromatic nitrogens is 2. The highest BCUT2D eigenvalue weighted by Gasteiger charge is 2.23. The first-order valence-electron chi connectivity index (χ1n) is 7.70. The molecule has 1 aromatic rings. The zero-order chi connectivity index (χ0) is 15.9. The van der Waals surface area contributed by atoms with Crippen molar-refractivity contribution in [1.29, 1.82) is 5.26 Å². The molecule has 118 valence electrons. The van der Waals surface area contributed by atoms with Crippen LogP contribution in [0.1, 0.15) is 45.9 Å². The summed E-state index contributed by atoms with van der Waals surface area (Å²) in [6, 6.07) is 2.74. The first kappa shape index (κ1) is 17.7. The van der Waals surface area contributed by atoms with Gasteiger partial charge in [0.05, 0.1) is 12.6 Å². The number of aryl methyl sites for hydroxylation is 1. The van der Waals surface area contributed by atoms with Crippen molar-refractivity contribution in [3.05, 3.63) is 18.2 Å². The number of nitrogens with one attached hydrogen (secondary N) is 1. The molecule has 0 aliphatic heterocycles. The summed E-state index contributed by atoms with van der Waals surface area (Å²) in [4.78, 5) is 6.62. The Bertz CT molecular complexity index is 459. The van der Waals surface area contributed by atoms with E-state index in [-0.39, 0.29) is 0 Å². The number of nitrogens with zero attached hydrogens (tertiary/aromatic N) is 4. The highest BCUT2D eigenvalue weighted by atomic mass is 15.1. The normalized spacial score (nSPS) is 14.4. The van der Waals surface area contributed by atoms with E-state index in [1.807, 2.05) is 26.4 Å². The summed E-state index contributed by atoms with van der Waals surface area (Å²) in [5.74, 6) is 1.08. The second-order valence-electron chi connectivity index (χ2n) is 6.39. The zero-order valence-corrected chi connectivity index (χ0v) is 14.1. The Labute approximate surface area is 129 Å². The third kappa shape index (κ3) is 6.28. The van der Waals surface area contributed by atoms with Crippen LogP contribution in [0.2, 0.25) is 0 Å². The summed E-state index contributed by atoms with van der Waals surface area (Å²) in [6.45, 7) is 8.04. The van der Waals surface area contributed by atoms with Gasteiger partial charge in [-0.25, -0.2) is 4.98 Å². The number of unbranched alkanes of at least 4 members (excludes halogenated alkanes) is 1. The molecule has 0 fully saturated rings. The molecule has 1 unspecified atom stereocenters. The number of nitriles is 1. The molecule has 0 spiro atoms. The molecule has 1 atom stereocenters. The van der Waals surface area contributed by atoms with Gasteiger partial charge in [-0.15, -0.1) is 0 Å². The third-order valence-electron chi connectivity index (χ3n) is 3.65. The Morgan fingerprint density at radius 2 is 2.19 bits per heavy atom. The molecule has 0 radical (unpaired) electrons. The van der Waals surface area contributed by atoms with Crippen LogP contribution in [-0.4, -0.2) is 39.6 Å². The van der Waals surface area contributed by atoms with Crippen molar-refractivity contribution in [2.75, 3.05) is 13.6 Å². The summed E-state index contributed by atoms with van der Waals surface area (Å²) >= 11 is 0. The van der Waals surface area contributed by atoms with Gasteiger partial charge in [-0.05, 0) is 53.6 Å². The van der Waals surface area contributed by atoms with Gasteiger partial charge in [-0.2, -0.15) is 5.26 Å². The molecule has 0 amide bonds. The molecular formula is C16H29N5. The van der Waals surface area contributed by atoms with Crippen LogP contribution in [-0.2, 0) is 13.6 Å². The molecule has 0 saturated heterocycles. The lowest BCUT2D eigenvalue weighted by atomic mass is 9.95. The van der Waals surface area contributed by atoms with Crippen LogP contribution in [0.25, 0.3) is 0 Å². The average molecular weight is 291 g/mol. The van der Waals surface area contributed by atoms with Crippen LogP contribution in [0.15, 0.2) is 12.4 Å². The highest BCUT2D eigenvalue weighted by molar-refractivity contribution is 5.04. The first-order chi connectivity index (χ1) is 9.86. The Kier molecular flexibility index (Phi) is 6.86. The van der Waals surface area contributed by atoms with Crippen LogP contribution in [0.4, 0.5) is 0 Å². The minimum Gasteiger partial charge on any atom is -0.337 e. The monoisotopic (exact) mass is 291 g/mol. The van der Waals surface area contributed by atoms with Crippen LogP contribution >= 0.6 is 0 Å². The van der Waals surface area contributed by atoms with Gasteiger partial charge in [0.2, 0.25) is 0 Å². The smallest absolute Gasteiger partial charge is 0.122 e. The second kappa shape index (κ2) is 8.16. The molecule has 1 heterocycles. The Balaban J connectivity index is 2.27. The van der Waals surface area contributed by atoms with Gasteiger partial charge < -0.3 is 4.57 Å². The first-order valence-corrected chi connectivity index (χ1v) is 7.70. The van der Waals surface area contributed by atoms with Gasteiger partial charge in [0, 0.05) is 25.5 Å². The SMILES string of the molecule is CC(C)NC(C)(C#N)CCCCN(C)Cc1nccn1C. The lowest BCUT2D eigenvalue weighted by Gasteiger charge is -2.26. The van der Waals surface area contributed by atoms with Gasteiger partial charge in [-0.3, -0.25) is 10.2 Å². The van der Waals surface area contributed by atoms with E-state index in [1.165, 1.54) is 0 Å². The fraction of sp³-hybridized carbons (Fsp3) is 0.750. The number of hydrogen-bond acceptors (Lipinski definition) is 4. The largest absolute Gasteiger partial charge is 0.337 e. The number of imidazole rings is 1. The van der Waals surface area contributed by atoms with E-state index in [0.29, 0.717) is 6.04 Å². The van der Waals surface area contributed by atoms with Crippen molar-refractivity contribution >= 4 is 0 Å². The van der Waals surface area contributed by atoms with Crippen molar-refractivity contribution in [3.63, 3.8) is 0 Å². The molecule has 0 saturated carbocycles. The van der Waals surface area contributed by atoms with E-state index >= 15 is 0 Å². The summed E-state index contributed by atoms with van der Waals surface area (Å²) in [5.41, 5.74) is -0.410. The lowest BCUT2D eigenvalue weighted by Crippen LogP contribution is -2.44. The summed E-state index contributed by atoms with van der Waals surface area (Å²) in [7, 11) is 4.14. The maximum atomic E-state index is 9.31. The molecule has 5 nitrogen and oxygen atoms in total. The van der Waals surface area contributed by atoms with Crippen molar-refractivity contribution < 1.29 is 0 Å². The molecule has 1 rings (SSSR count). The van der Waals surface area contributed by atoms with Gasteiger partial charge in [0.25, 0.3) is 0 Å². The average Bonchev–Trinajstić information content (AvgIpc) is 2.80. The van der Waals surface area contributed by atoms with Gasteiger partial charge in [0.15, 0.2) is 0 Å². The second-order valence-corrected chi connectivity index (χ2v) is 6.39. The Morgan fingerprint density at radius 1 is 1.48 bits per heavy atom. The maximum absolute atomic E-state index is 9.31. The molecular weight excluding hydrogens is 262 g/mol. The van der Waals surface area contributed by atoms with Crippen LogP contribution in [0, 0.1) is 11.3 Å². The quantitative estimate of drug-likeness (QED) is 0.709. The molecule has 0 bridgehead atoms. The van der Waals surface area contributed by atoms with E-state index in [9.17, 15) is 5.26 Å². The Morgan fingerprint density at radius 3 is 2.71 bits per heavy atom. The molecule has 0 aliphatic rings. The number of rotatable bonds is 9. The minimum atomic E-state index is -0.410. The maximum Gasteiger partial charge on any atom is 0.122 e. The van der Waals surface area contributed by atoms with Crippen LogP contribution in [0.5, 0.6) is 0 Å². The van der Waals surface area contributed by atoms with Crippen molar-refractivity contribution in [3.8, 4) is 6.07 Å². The van der Waals surface area contributed by atoms with Crippen molar-refractivity contribution in [2.24, 2.45) is 7.05 Å². The molecule has 0 aromatic carbocycles. The van der Waals surface area contributed by atoms with Crippen molar-refractivity contribution in [1.82, 2.24) is 19.8 Å². The van der Waals surface area contributed by atoms with Gasteiger partial charge >= 0.3 is 0 Å². The fourth-order valence-electron chi connectivity index (χ4n) is 2.53. The lowest BCUT2D eigenvalue weighted by molar-refractivity contribution is 0.295. The highest BCUT2D eigenvalue weighted by Crippen LogP contribution is 2.14. The van der Waals surface area contributed by atoms with Crippen LogP contribution < -0.4 is 5.32 Å². The fourth-order valence-corrected chi connectivity index (χ4v) is 2.53. The molecule has 21 heavy (non-hydrogen) atoms. The van der Waals surface area contributed by atoms with E-state index in [4.69, 9.17) is 0 Å². The predicted molar refractivity (Wildman–Crippen MR) is 85.7 cm³/mol. The van der Waals surface area contributed by atoms with E-state index in [1.54, 1.807) is 0 Å². The molecule has 5 heteroatoms. The van der Waals surface area contributed by atoms with E-state index in [2.05, 4.69) is 46.7 Å². The topological polar surface area (TPSA) is 56.9 Å². The molecule has 0 aliphatic carbocycles. The number of hydrogen-bond donors (Lipinski definition) is 1. The van der Waals surface area contributed by atoms with Gasteiger partial charge in [0.1, 0.15) is 11.4 Å². The molecule has 1 aromatic heterocycles. The molecule has 1 N–H and O–H groups in total. The van der Waals surface area contributed by atoms with E-state index < -0.39 is 5.54 Å².